The first-order valence-electron chi connectivity index (χ1n) is 6.64. The van der Waals surface area contributed by atoms with Gasteiger partial charge < -0.3 is 0 Å². The molecule has 1 saturated carbocycles. The van der Waals surface area contributed by atoms with Gasteiger partial charge in [-0.3, -0.25) is 0 Å². The van der Waals surface area contributed by atoms with Crippen molar-refractivity contribution >= 4 is 22.7 Å². The van der Waals surface area contributed by atoms with Crippen molar-refractivity contribution in [2.75, 3.05) is 15.5 Å². The van der Waals surface area contributed by atoms with E-state index in [1.54, 1.807) is 0 Å². The molecule has 5 heteroatoms. The van der Waals surface area contributed by atoms with Crippen molar-refractivity contribution in [2.45, 2.75) is 32.6 Å². The van der Waals surface area contributed by atoms with Gasteiger partial charge in [-0.25, -0.2) is 0 Å². The van der Waals surface area contributed by atoms with Gasteiger partial charge in [-0.05, 0) is 0 Å². The second kappa shape index (κ2) is 6.55. The zero-order chi connectivity index (χ0) is 13.1. The molecule has 1 N–H and O–H groups in total. The SMILES string of the molecule is C[C@H](C(=O)Cl)[C@@H]1C[C@@H]1C[I-]CN1CCCCC1=N. The van der Waals surface area contributed by atoms with E-state index < -0.39 is 0 Å². The average Bonchev–Trinajstić information content (AvgIpc) is 3.10. The van der Waals surface area contributed by atoms with Gasteiger partial charge in [0.05, 0.1) is 0 Å². The molecule has 1 heterocycles. The van der Waals surface area contributed by atoms with Gasteiger partial charge in [0.2, 0.25) is 0 Å². The first-order chi connectivity index (χ1) is 8.59. The topological polar surface area (TPSA) is 44.2 Å². The zero-order valence-corrected chi connectivity index (χ0v) is 13.7. The molecule has 0 aromatic heterocycles. The van der Waals surface area contributed by atoms with E-state index in [9.17, 15) is 4.79 Å². The van der Waals surface area contributed by atoms with Gasteiger partial charge in [0.1, 0.15) is 0 Å². The second-order valence-electron chi connectivity index (χ2n) is 5.38. The summed E-state index contributed by atoms with van der Waals surface area (Å²) in [6.45, 7) is 3.04. The van der Waals surface area contributed by atoms with Crippen LogP contribution in [0, 0.1) is 23.2 Å². The van der Waals surface area contributed by atoms with E-state index in [-0.39, 0.29) is 32.4 Å². The Kier molecular flexibility index (Phi) is 5.30. The summed E-state index contributed by atoms with van der Waals surface area (Å²) in [4.78, 5) is 13.3. The Morgan fingerprint density at radius 2 is 2.39 bits per heavy atom. The number of rotatable bonds is 6. The van der Waals surface area contributed by atoms with E-state index in [4.69, 9.17) is 17.0 Å². The number of piperidine rings is 1. The van der Waals surface area contributed by atoms with Gasteiger partial charge in [0.25, 0.3) is 0 Å². The summed E-state index contributed by atoms with van der Waals surface area (Å²) >= 11 is 5.69. The number of halogens is 2. The number of hydrogen-bond donors (Lipinski definition) is 1. The van der Waals surface area contributed by atoms with E-state index in [1.165, 1.54) is 23.7 Å². The standard InChI is InChI=1S/C13H21ClIN2O/c1-9(13(14)18)11-6-10(11)7-15-8-17-5-3-2-4-12(17)16/h9-11,16H,2-8H2,1H3/q-1/t9-,10+,11-/m0/s1. The van der Waals surface area contributed by atoms with Crippen molar-refractivity contribution in [1.29, 1.82) is 5.41 Å². The average molecular weight is 384 g/mol. The Morgan fingerprint density at radius 1 is 1.61 bits per heavy atom. The number of likely N-dealkylation sites (tertiary alicyclic amines) is 1. The number of nitrogens with one attached hydrogen (secondary N) is 1. The molecule has 1 aliphatic carbocycles. The van der Waals surface area contributed by atoms with Gasteiger partial charge >= 0.3 is 125 Å². The van der Waals surface area contributed by atoms with Crippen LogP contribution in [-0.4, -0.2) is 31.5 Å². The van der Waals surface area contributed by atoms with Crippen LogP contribution in [0.4, 0.5) is 0 Å². The Labute approximate surface area is 124 Å². The number of nitrogens with zero attached hydrogens (tertiary/aromatic N) is 1. The maximum atomic E-state index is 11.1. The van der Waals surface area contributed by atoms with Gasteiger partial charge in [0.15, 0.2) is 0 Å². The molecule has 0 radical (unpaired) electrons. The van der Waals surface area contributed by atoms with Crippen LogP contribution in [0.3, 0.4) is 0 Å². The molecule has 0 amide bonds. The fraction of sp³-hybridized carbons (Fsp3) is 0.846. The Hall–Kier alpha value is 0.160. The maximum absolute atomic E-state index is 11.1. The summed E-state index contributed by atoms with van der Waals surface area (Å²) in [6, 6.07) is 0. The van der Waals surface area contributed by atoms with Crippen molar-refractivity contribution in [2.24, 2.45) is 17.8 Å². The molecule has 18 heavy (non-hydrogen) atoms. The van der Waals surface area contributed by atoms with Crippen LogP contribution >= 0.6 is 11.6 Å². The number of carbonyl (C=O) groups is 1. The predicted molar refractivity (Wildman–Crippen MR) is 69.6 cm³/mol. The van der Waals surface area contributed by atoms with Crippen LogP contribution in [0.5, 0.6) is 0 Å². The third-order valence-electron chi connectivity index (χ3n) is 3.99. The van der Waals surface area contributed by atoms with E-state index >= 15 is 0 Å². The van der Waals surface area contributed by atoms with Crippen molar-refractivity contribution < 1.29 is 26.0 Å². The number of amidine groups is 1. The van der Waals surface area contributed by atoms with Crippen LogP contribution in [0.25, 0.3) is 0 Å². The summed E-state index contributed by atoms with van der Waals surface area (Å²) < 4.78 is 2.42. The fourth-order valence-corrected chi connectivity index (χ4v) is 6.13. The van der Waals surface area contributed by atoms with Crippen molar-refractivity contribution in [3.05, 3.63) is 0 Å². The van der Waals surface area contributed by atoms with Crippen LogP contribution in [0.2, 0.25) is 0 Å². The molecule has 0 unspecified atom stereocenters. The van der Waals surface area contributed by atoms with Crippen LogP contribution in [0.1, 0.15) is 32.6 Å². The Balaban J connectivity index is 1.62. The fourth-order valence-electron chi connectivity index (χ4n) is 2.54. The third-order valence-corrected chi connectivity index (χ3v) is 7.39. The quantitative estimate of drug-likeness (QED) is 0.292. The molecule has 0 aromatic carbocycles. The molecule has 0 bridgehead atoms. The summed E-state index contributed by atoms with van der Waals surface area (Å²) in [5.74, 6) is 2.19. The van der Waals surface area contributed by atoms with Gasteiger partial charge in [-0.1, -0.05) is 0 Å². The molecule has 0 spiro atoms. The number of alkyl halides is 2. The normalized spacial score (nSPS) is 29.4. The van der Waals surface area contributed by atoms with Crippen LogP contribution in [0.15, 0.2) is 0 Å². The van der Waals surface area contributed by atoms with E-state index in [2.05, 4.69) is 4.90 Å². The minimum atomic E-state index is -0.168. The molecule has 1 aliphatic heterocycles. The predicted octanol–water partition coefficient (Wildman–Crippen LogP) is -0.466. The summed E-state index contributed by atoms with van der Waals surface area (Å²) in [6.07, 6.45) is 4.59. The molecule has 3 atom stereocenters. The molecule has 104 valence electrons. The molecule has 1 saturated heterocycles. The minimum absolute atomic E-state index is 0.0500. The summed E-state index contributed by atoms with van der Waals surface area (Å²) in [5.41, 5.74) is 0. The van der Waals surface area contributed by atoms with Gasteiger partial charge in [-0.2, -0.15) is 0 Å². The van der Waals surface area contributed by atoms with E-state index in [0.717, 1.165) is 29.3 Å². The van der Waals surface area contributed by atoms with Crippen molar-refractivity contribution in [3.63, 3.8) is 0 Å². The Morgan fingerprint density at radius 3 is 3.06 bits per heavy atom. The van der Waals surface area contributed by atoms with E-state index in [1.807, 2.05) is 6.92 Å². The monoisotopic (exact) mass is 383 g/mol. The molecule has 3 nitrogen and oxygen atoms in total. The van der Waals surface area contributed by atoms with Crippen LogP contribution < -0.4 is 21.2 Å². The molecular formula is C13H21ClIN2O-. The summed E-state index contributed by atoms with van der Waals surface area (Å²) in [5, 5.41) is 7.72. The second-order valence-corrected chi connectivity index (χ2v) is 8.40. The molecule has 0 aromatic rings. The van der Waals surface area contributed by atoms with Crippen LogP contribution in [-0.2, 0) is 4.79 Å². The summed E-state index contributed by atoms with van der Waals surface area (Å²) in [7, 11) is 0. The first-order valence-corrected chi connectivity index (χ1v) is 10.1. The molecular weight excluding hydrogens is 363 g/mol. The first kappa shape index (κ1) is 14.6. The van der Waals surface area contributed by atoms with Crippen molar-refractivity contribution in [3.8, 4) is 0 Å². The zero-order valence-electron chi connectivity index (χ0n) is 10.8. The molecule has 2 rings (SSSR count). The van der Waals surface area contributed by atoms with Crippen molar-refractivity contribution in [1.82, 2.24) is 4.90 Å². The molecule has 2 fully saturated rings. The van der Waals surface area contributed by atoms with Gasteiger partial charge in [0, 0.05) is 0 Å². The number of hydrogen-bond acceptors (Lipinski definition) is 2. The Bertz CT molecular complexity index is 337. The molecule has 2 aliphatic rings. The third kappa shape index (κ3) is 3.83. The number of carbonyl (C=O) groups excluding carboxylic acids is 1. The van der Waals surface area contributed by atoms with Gasteiger partial charge in [-0.15, -0.1) is 0 Å². The van der Waals surface area contributed by atoms with E-state index in [0.29, 0.717) is 5.92 Å².